The van der Waals surface area contributed by atoms with Crippen LogP contribution in [0.1, 0.15) is 21.6 Å². The largest absolute Gasteiger partial charge is 0.508 e. The predicted octanol–water partition coefficient (Wildman–Crippen LogP) is 2.42. The molecule has 0 amide bonds. The highest BCUT2D eigenvalue weighted by atomic mass is 16.5. The van der Waals surface area contributed by atoms with Crippen LogP contribution in [-0.2, 0) is 11.2 Å². The van der Waals surface area contributed by atoms with Gasteiger partial charge in [0, 0.05) is 18.8 Å². The Balaban J connectivity index is 1.92. The first-order valence-electron chi connectivity index (χ1n) is 6.49. The maximum atomic E-state index is 11.5. The third-order valence-corrected chi connectivity index (χ3v) is 3.23. The van der Waals surface area contributed by atoms with Crippen LogP contribution < -0.4 is 0 Å². The smallest absolute Gasteiger partial charge is 0.338 e. The Hall–Kier alpha value is -2.82. The first kappa shape index (κ1) is 13.2. The van der Waals surface area contributed by atoms with Gasteiger partial charge in [0.25, 0.3) is 0 Å². The van der Waals surface area contributed by atoms with Gasteiger partial charge in [-0.3, -0.25) is 0 Å². The number of ether oxygens (including phenoxy) is 1. The van der Waals surface area contributed by atoms with Crippen molar-refractivity contribution in [2.24, 2.45) is 0 Å². The number of imidazole rings is 1. The fourth-order valence-electron chi connectivity index (χ4n) is 2.24. The van der Waals surface area contributed by atoms with Crippen LogP contribution in [0.2, 0.25) is 0 Å². The number of hydrogen-bond donors (Lipinski definition) is 1. The number of aromatic hydroxyl groups is 1. The summed E-state index contributed by atoms with van der Waals surface area (Å²) in [5.74, 6) is -0.140. The summed E-state index contributed by atoms with van der Waals surface area (Å²) in [6.45, 7) is 0. The number of aromatic nitrogens is 2. The van der Waals surface area contributed by atoms with Crippen molar-refractivity contribution < 1.29 is 14.6 Å². The fourth-order valence-corrected chi connectivity index (χ4v) is 2.24. The van der Waals surface area contributed by atoms with Gasteiger partial charge < -0.3 is 14.2 Å². The van der Waals surface area contributed by atoms with Crippen molar-refractivity contribution in [2.45, 2.75) is 6.42 Å². The van der Waals surface area contributed by atoms with Gasteiger partial charge in [-0.25, -0.2) is 9.78 Å². The van der Waals surface area contributed by atoms with Crippen LogP contribution in [0.4, 0.5) is 0 Å². The molecule has 106 valence electrons. The highest BCUT2D eigenvalue weighted by Gasteiger charge is 2.08. The van der Waals surface area contributed by atoms with E-state index in [1.807, 2.05) is 16.7 Å². The van der Waals surface area contributed by atoms with Gasteiger partial charge in [-0.15, -0.1) is 0 Å². The summed E-state index contributed by atoms with van der Waals surface area (Å²) in [6, 6.07) is 10.5. The lowest BCUT2D eigenvalue weighted by molar-refractivity contribution is 0.0600. The minimum Gasteiger partial charge on any atom is -0.508 e. The molecule has 0 saturated carbocycles. The number of methoxy groups -OCH3 is 1. The quantitative estimate of drug-likeness (QED) is 0.749. The lowest BCUT2D eigenvalue weighted by Crippen LogP contribution is -2.01. The lowest BCUT2D eigenvalue weighted by Gasteiger charge is -1.98. The molecular weight excluding hydrogens is 268 g/mol. The number of carbonyl (C=O) groups excluding carboxylic acids is 1. The average molecular weight is 282 g/mol. The fraction of sp³-hybridized carbons (Fsp3) is 0.125. The zero-order chi connectivity index (χ0) is 14.8. The Morgan fingerprint density at radius 3 is 2.95 bits per heavy atom. The van der Waals surface area contributed by atoms with E-state index in [4.69, 9.17) is 4.74 Å². The van der Waals surface area contributed by atoms with Crippen LogP contribution in [0.3, 0.4) is 0 Å². The van der Waals surface area contributed by atoms with Crippen LogP contribution in [0.25, 0.3) is 5.65 Å². The third-order valence-electron chi connectivity index (χ3n) is 3.23. The summed E-state index contributed by atoms with van der Waals surface area (Å²) in [4.78, 5) is 16.0. The van der Waals surface area contributed by atoms with Crippen molar-refractivity contribution in [3.63, 3.8) is 0 Å². The molecule has 0 fully saturated rings. The first-order chi connectivity index (χ1) is 10.2. The van der Waals surface area contributed by atoms with E-state index in [1.165, 1.54) is 7.11 Å². The highest BCUT2D eigenvalue weighted by molar-refractivity contribution is 5.90. The van der Waals surface area contributed by atoms with Crippen LogP contribution in [0, 0.1) is 0 Å². The average Bonchev–Trinajstić information content (AvgIpc) is 2.87. The van der Waals surface area contributed by atoms with Crippen LogP contribution in [-0.4, -0.2) is 27.6 Å². The van der Waals surface area contributed by atoms with Crippen molar-refractivity contribution in [3.05, 3.63) is 65.6 Å². The summed E-state index contributed by atoms with van der Waals surface area (Å²) in [6.07, 6.45) is 4.30. The monoisotopic (exact) mass is 282 g/mol. The van der Waals surface area contributed by atoms with Crippen LogP contribution in [0.15, 0.2) is 48.8 Å². The van der Waals surface area contributed by atoms with Gasteiger partial charge in [0.05, 0.1) is 18.4 Å². The minimum absolute atomic E-state index is 0.240. The Kier molecular flexibility index (Phi) is 3.31. The number of phenols is 1. The summed E-state index contributed by atoms with van der Waals surface area (Å²) in [5.41, 5.74) is 3.00. The van der Waals surface area contributed by atoms with Gasteiger partial charge >= 0.3 is 5.97 Å². The summed E-state index contributed by atoms with van der Waals surface area (Å²) >= 11 is 0. The molecule has 0 radical (unpaired) electrons. The number of benzene rings is 1. The van der Waals surface area contributed by atoms with Crippen molar-refractivity contribution >= 4 is 11.6 Å². The second-order valence-electron chi connectivity index (χ2n) is 4.75. The van der Waals surface area contributed by atoms with Gasteiger partial charge in [-0.05, 0) is 29.8 Å². The molecule has 3 aromatic rings. The van der Waals surface area contributed by atoms with E-state index in [0.717, 1.165) is 11.3 Å². The zero-order valence-electron chi connectivity index (χ0n) is 11.5. The molecule has 0 aliphatic heterocycles. The molecule has 3 rings (SSSR count). The normalized spacial score (nSPS) is 10.7. The molecule has 0 bridgehead atoms. The molecule has 21 heavy (non-hydrogen) atoms. The number of pyridine rings is 1. The van der Waals surface area contributed by atoms with Gasteiger partial charge in [0.1, 0.15) is 11.4 Å². The van der Waals surface area contributed by atoms with E-state index in [2.05, 4.69) is 4.98 Å². The molecule has 1 N–H and O–H groups in total. The Labute approximate surface area is 121 Å². The van der Waals surface area contributed by atoms with Crippen molar-refractivity contribution in [3.8, 4) is 5.75 Å². The number of nitrogens with zero attached hydrogens (tertiary/aromatic N) is 2. The number of rotatable bonds is 3. The van der Waals surface area contributed by atoms with Crippen molar-refractivity contribution in [1.82, 2.24) is 9.38 Å². The second-order valence-corrected chi connectivity index (χ2v) is 4.75. The maximum Gasteiger partial charge on any atom is 0.338 e. The number of hydrogen-bond acceptors (Lipinski definition) is 4. The zero-order valence-corrected chi connectivity index (χ0v) is 11.5. The molecular formula is C16H14N2O3. The van der Waals surface area contributed by atoms with E-state index < -0.39 is 0 Å². The molecule has 2 aromatic heterocycles. The van der Waals surface area contributed by atoms with E-state index in [9.17, 15) is 9.90 Å². The van der Waals surface area contributed by atoms with E-state index in [1.54, 1.807) is 36.5 Å². The Morgan fingerprint density at radius 2 is 2.19 bits per heavy atom. The summed E-state index contributed by atoms with van der Waals surface area (Å²) < 4.78 is 6.55. The minimum atomic E-state index is -0.380. The number of phenolic OH excluding ortho intramolecular Hbond substituents is 1. The van der Waals surface area contributed by atoms with Gasteiger partial charge in [0.15, 0.2) is 0 Å². The molecule has 0 aliphatic rings. The SMILES string of the molecule is COC(=O)c1ccn2cc(Cc3cccc(O)c3)nc2c1. The van der Waals surface area contributed by atoms with E-state index in [0.29, 0.717) is 17.6 Å². The molecule has 5 nitrogen and oxygen atoms in total. The molecule has 0 saturated heterocycles. The number of fused-ring (bicyclic) bond motifs is 1. The molecule has 0 atom stereocenters. The molecule has 0 unspecified atom stereocenters. The first-order valence-corrected chi connectivity index (χ1v) is 6.49. The van der Waals surface area contributed by atoms with Gasteiger partial charge in [-0.1, -0.05) is 12.1 Å². The van der Waals surface area contributed by atoms with Crippen LogP contribution >= 0.6 is 0 Å². The van der Waals surface area contributed by atoms with Crippen molar-refractivity contribution in [2.75, 3.05) is 7.11 Å². The van der Waals surface area contributed by atoms with E-state index in [-0.39, 0.29) is 11.7 Å². The maximum absolute atomic E-state index is 11.5. The topological polar surface area (TPSA) is 63.8 Å². The highest BCUT2D eigenvalue weighted by Crippen LogP contribution is 2.16. The summed E-state index contributed by atoms with van der Waals surface area (Å²) in [5, 5.41) is 9.48. The Morgan fingerprint density at radius 1 is 1.33 bits per heavy atom. The number of esters is 1. The van der Waals surface area contributed by atoms with Gasteiger partial charge in [-0.2, -0.15) is 0 Å². The molecule has 2 heterocycles. The summed E-state index contributed by atoms with van der Waals surface area (Å²) in [7, 11) is 1.35. The molecule has 1 aromatic carbocycles. The second kappa shape index (κ2) is 5.28. The third kappa shape index (κ3) is 2.72. The van der Waals surface area contributed by atoms with Gasteiger partial charge in [0.2, 0.25) is 0 Å². The molecule has 0 aliphatic carbocycles. The lowest BCUT2D eigenvalue weighted by atomic mass is 10.1. The van der Waals surface area contributed by atoms with Crippen LogP contribution in [0.5, 0.6) is 5.75 Å². The predicted molar refractivity (Wildman–Crippen MR) is 77.4 cm³/mol. The standard InChI is InChI=1S/C16H14N2O3/c1-21-16(20)12-5-6-18-10-13(17-15(18)9-12)7-11-3-2-4-14(19)8-11/h2-6,8-10,19H,7H2,1H3. The van der Waals surface area contributed by atoms with Crippen molar-refractivity contribution in [1.29, 1.82) is 0 Å². The van der Waals surface area contributed by atoms with E-state index >= 15 is 0 Å². The number of carbonyl (C=O) groups is 1. The molecule has 0 spiro atoms. The Bertz CT molecular complexity index is 808. The molecule has 5 heteroatoms.